The van der Waals surface area contributed by atoms with Crippen LogP contribution in [-0.4, -0.2) is 176 Å². The molecule has 9 aromatic rings. The van der Waals surface area contributed by atoms with Crippen molar-refractivity contribution in [1.29, 1.82) is 0 Å². The molecule has 32 heteroatoms. The third-order valence-electron chi connectivity index (χ3n) is 19.9. The number of para-hydroxylation sites is 3. The molecule has 0 aliphatic carbocycles. The van der Waals surface area contributed by atoms with Gasteiger partial charge in [0.05, 0.1) is 114 Å². The molecule has 119 heavy (non-hydrogen) atoms. The summed E-state index contributed by atoms with van der Waals surface area (Å²) >= 11 is 19.2. The predicted molar refractivity (Wildman–Crippen MR) is 480 cm³/mol. The van der Waals surface area contributed by atoms with E-state index in [2.05, 4.69) is 129 Å². The number of nitrogens with zero attached hydrogens (tertiary/aromatic N) is 9. The van der Waals surface area contributed by atoms with Crippen LogP contribution in [0.1, 0.15) is 153 Å². The standard InChI is InChI=1S/C31H43ClN6O3S.C29H38ClN5O3S.C27H33ClN4O5S/c1-21(2)41-27-18-23(31(5,6)20-38-16-14-37(7)15-17-38)12-13-25(27)35-30-33-19-24(32)29(36-30)34-26-10-8-9-11-28(26)42(39,40)22(3)4;1-19(2)38-26-16-22(21(5)18-35-14-8-9-15-35)12-13-24(26)33-29-31-17-23(30)28(34-29)32-25-10-6-7-11-27(25)39(36,37)20(3)4;1-16(2)37-22-14-18(27(5,6)25(33)36-7)12-13-20(22)31-26-29-15-19(28)24(32-26)30-21-10-8-9-11-23(21)38(34,35)17(3)4/h8-13,18-19,21-22H,14-17,20H2,1-7H3,(H2,33,34,35,36);6-7,10-13,16-17,19-21H,8-9,14-15,18H2,1-5H3,(H2,31,32,33,34);8-17H,1-7H3,(H2,29,30,31,32). The summed E-state index contributed by atoms with van der Waals surface area (Å²) < 4.78 is 101. The first-order chi connectivity index (χ1) is 56.1. The summed E-state index contributed by atoms with van der Waals surface area (Å²) in [4.78, 5) is 46.9. The number of anilines is 12. The number of likely N-dealkylation sites (N-methyl/N-ethyl adjacent to an activating group) is 1. The van der Waals surface area contributed by atoms with E-state index in [4.69, 9.17) is 53.8 Å². The molecule has 0 saturated carbocycles. The van der Waals surface area contributed by atoms with Crippen LogP contribution in [-0.2, 0) is 49.9 Å². The first-order valence-corrected chi connectivity index (χ1v) is 45.7. The van der Waals surface area contributed by atoms with Crippen molar-refractivity contribution in [3.05, 3.63) is 178 Å². The lowest BCUT2D eigenvalue weighted by Gasteiger charge is -2.38. The number of ether oxygens (including phenoxy) is 4. The minimum Gasteiger partial charge on any atom is -0.489 e. The Bertz CT molecular complexity index is 5340. The average molecular weight is 1750 g/mol. The van der Waals surface area contributed by atoms with Gasteiger partial charge in [0.15, 0.2) is 47.0 Å². The van der Waals surface area contributed by atoms with Crippen molar-refractivity contribution >= 4 is 140 Å². The molecule has 0 amide bonds. The van der Waals surface area contributed by atoms with Gasteiger partial charge in [0.2, 0.25) is 17.8 Å². The van der Waals surface area contributed by atoms with Gasteiger partial charge in [0, 0.05) is 44.7 Å². The normalized spacial score (nSPS) is 14.2. The lowest BCUT2D eigenvalue weighted by Crippen LogP contribution is -2.48. The van der Waals surface area contributed by atoms with Crippen LogP contribution in [0.15, 0.2) is 161 Å². The van der Waals surface area contributed by atoms with E-state index >= 15 is 0 Å². The number of hydrogen-bond donors (Lipinski definition) is 6. The number of methoxy groups -OCH3 is 1. The molecule has 0 radical (unpaired) electrons. The molecular weight excluding hydrogens is 1630 g/mol. The number of piperazine rings is 1. The molecule has 5 heterocycles. The number of benzene rings is 6. The molecule has 2 fully saturated rings. The number of aromatic nitrogens is 6. The van der Waals surface area contributed by atoms with Gasteiger partial charge >= 0.3 is 5.97 Å². The molecule has 1 unspecified atom stereocenters. The largest absolute Gasteiger partial charge is 0.489 e. The Balaban J connectivity index is 0.000000204. The van der Waals surface area contributed by atoms with Gasteiger partial charge in [-0.15, -0.1) is 0 Å². The second kappa shape index (κ2) is 40.9. The second-order valence-electron chi connectivity index (χ2n) is 32.4. The van der Waals surface area contributed by atoms with E-state index in [1.54, 1.807) is 146 Å². The molecule has 0 spiro atoms. The highest BCUT2D eigenvalue weighted by Crippen LogP contribution is 2.41. The van der Waals surface area contributed by atoms with Crippen LogP contribution in [0.25, 0.3) is 0 Å². The van der Waals surface area contributed by atoms with Gasteiger partial charge in [-0.2, -0.15) is 15.0 Å². The lowest BCUT2D eigenvalue weighted by molar-refractivity contribution is -0.146. The fourth-order valence-corrected chi connectivity index (χ4v) is 17.1. The second-order valence-corrected chi connectivity index (χ2v) is 41.0. The smallest absolute Gasteiger partial charge is 0.315 e. The third-order valence-corrected chi connectivity index (χ3v) is 27.4. The zero-order chi connectivity index (χ0) is 87.1. The zero-order valence-corrected chi connectivity index (χ0v) is 76.1. The van der Waals surface area contributed by atoms with Gasteiger partial charge < -0.3 is 60.6 Å². The fraction of sp³-hybridized carbons (Fsp3) is 0.437. The van der Waals surface area contributed by atoms with Crippen molar-refractivity contribution in [3.63, 3.8) is 0 Å². The van der Waals surface area contributed by atoms with Gasteiger partial charge in [0.1, 0.15) is 32.3 Å². The van der Waals surface area contributed by atoms with Crippen molar-refractivity contribution < 1.29 is 49.0 Å². The summed E-state index contributed by atoms with van der Waals surface area (Å²) in [6.07, 6.45) is 6.72. The number of rotatable bonds is 32. The van der Waals surface area contributed by atoms with Gasteiger partial charge in [-0.3, -0.25) is 9.69 Å². The van der Waals surface area contributed by atoms with Gasteiger partial charge in [-0.25, -0.2) is 40.2 Å². The Morgan fingerprint density at radius 3 is 1.14 bits per heavy atom. The van der Waals surface area contributed by atoms with Crippen molar-refractivity contribution in [2.45, 2.75) is 196 Å². The van der Waals surface area contributed by atoms with Crippen LogP contribution in [0.4, 0.5) is 69.4 Å². The van der Waals surface area contributed by atoms with Crippen LogP contribution in [0.5, 0.6) is 17.2 Å². The minimum atomic E-state index is -3.55. The first kappa shape index (κ1) is 93.7. The molecule has 2 aliphatic rings. The van der Waals surface area contributed by atoms with Crippen molar-refractivity contribution in [1.82, 2.24) is 44.6 Å². The highest BCUT2D eigenvalue weighted by atomic mass is 35.5. The molecule has 6 aromatic carbocycles. The van der Waals surface area contributed by atoms with Crippen LogP contribution in [0, 0.1) is 0 Å². The van der Waals surface area contributed by atoms with Crippen LogP contribution >= 0.6 is 34.8 Å². The van der Waals surface area contributed by atoms with E-state index in [-0.39, 0.29) is 77.0 Å². The van der Waals surface area contributed by atoms with E-state index < -0.39 is 50.7 Å². The molecule has 26 nitrogen and oxygen atoms in total. The van der Waals surface area contributed by atoms with Crippen LogP contribution in [0.3, 0.4) is 0 Å². The van der Waals surface area contributed by atoms with Gasteiger partial charge in [-0.1, -0.05) is 110 Å². The lowest BCUT2D eigenvalue weighted by atomic mass is 9.83. The van der Waals surface area contributed by atoms with Crippen LogP contribution < -0.4 is 46.1 Å². The number of sulfone groups is 3. The zero-order valence-electron chi connectivity index (χ0n) is 71.3. The Kier molecular flexibility index (Phi) is 32.2. The summed E-state index contributed by atoms with van der Waals surface area (Å²) in [5.41, 5.74) is 5.32. The maximum absolute atomic E-state index is 12.9. The summed E-state index contributed by atoms with van der Waals surface area (Å²) in [5, 5.41) is 17.9. The number of esters is 1. The average Bonchev–Trinajstić information content (AvgIpc) is 0.946. The van der Waals surface area contributed by atoms with E-state index in [1.807, 2.05) is 53.7 Å². The fourth-order valence-electron chi connectivity index (χ4n) is 13.1. The van der Waals surface area contributed by atoms with Gasteiger partial charge in [-0.05, 0) is 225 Å². The molecule has 2 aliphatic heterocycles. The Labute approximate surface area is 717 Å². The number of carbonyl (C=O) groups excluding carboxylic acids is 1. The Morgan fingerprint density at radius 1 is 0.437 bits per heavy atom. The molecule has 2 saturated heterocycles. The van der Waals surface area contributed by atoms with Crippen molar-refractivity contribution in [2.24, 2.45) is 0 Å². The molecule has 642 valence electrons. The highest BCUT2D eigenvalue weighted by Gasteiger charge is 2.34. The van der Waals surface area contributed by atoms with E-state index in [0.717, 1.165) is 69.5 Å². The highest BCUT2D eigenvalue weighted by molar-refractivity contribution is 7.92. The molecular formula is C87H114Cl3N15O11S3. The topological polar surface area (TPSA) is 316 Å². The minimum absolute atomic E-state index is 0.0162. The summed E-state index contributed by atoms with van der Waals surface area (Å²) in [6, 6.07) is 37.8. The van der Waals surface area contributed by atoms with E-state index in [0.29, 0.717) is 63.4 Å². The molecule has 0 bridgehead atoms. The SMILES string of the molecule is CC(C)Oc1cc(C(C)(C)CN2CCN(C)CC2)ccc1Nc1ncc(Cl)c(Nc2ccccc2S(=O)(=O)C(C)C)n1.CC(C)Oc1cc(C(C)CN2CCCC2)ccc1Nc1ncc(Cl)c(Nc2ccccc2S(=O)(=O)C(C)C)n1.COC(=O)C(C)(C)c1ccc(Nc2ncc(Cl)c(Nc3ccccc3S(=O)(=O)C(C)C)n2)c(OC(C)C)c1. The van der Waals surface area contributed by atoms with E-state index in [9.17, 15) is 30.0 Å². The molecule has 3 aromatic heterocycles. The van der Waals surface area contributed by atoms with Crippen molar-refractivity contribution in [2.75, 3.05) is 98.4 Å². The summed E-state index contributed by atoms with van der Waals surface area (Å²) in [6.45, 7) is 40.6. The predicted octanol–water partition coefficient (Wildman–Crippen LogP) is 18.9. The number of nitrogens with one attached hydrogen (secondary N) is 6. The molecule has 6 N–H and O–H groups in total. The Hall–Kier alpha value is -9.17. The summed E-state index contributed by atoms with van der Waals surface area (Å²) in [5.74, 6) is 3.53. The molecule has 11 rings (SSSR count). The summed E-state index contributed by atoms with van der Waals surface area (Å²) in [7, 11) is -7.08. The maximum atomic E-state index is 12.9. The first-order valence-electron chi connectivity index (χ1n) is 39.9. The third kappa shape index (κ3) is 24.8. The number of carbonyl (C=O) groups is 1. The monoisotopic (exact) mass is 1750 g/mol. The van der Waals surface area contributed by atoms with Crippen LogP contribution in [0.2, 0.25) is 15.1 Å². The number of halogens is 3. The van der Waals surface area contributed by atoms with Gasteiger partial charge in [0.25, 0.3) is 0 Å². The van der Waals surface area contributed by atoms with Crippen molar-refractivity contribution in [3.8, 4) is 17.2 Å². The number of hydrogen-bond acceptors (Lipinski definition) is 26. The molecule has 1 atom stereocenters. The number of likely N-dealkylation sites (tertiary alicyclic amines) is 1. The maximum Gasteiger partial charge on any atom is 0.315 e. The van der Waals surface area contributed by atoms with E-state index in [1.165, 1.54) is 49.7 Å². The quantitative estimate of drug-likeness (QED) is 0.0213. The Morgan fingerprint density at radius 2 is 0.782 bits per heavy atom.